The van der Waals surface area contributed by atoms with Gasteiger partial charge >= 0.3 is 0 Å². The van der Waals surface area contributed by atoms with Crippen LogP contribution < -0.4 is 0 Å². The summed E-state index contributed by atoms with van der Waals surface area (Å²) in [6, 6.07) is 0. The fraction of sp³-hybridized carbons (Fsp3) is 1.00. The Balaban J connectivity index is 1.46. The third-order valence-electron chi connectivity index (χ3n) is 5.54. The first-order valence-corrected chi connectivity index (χ1v) is 7.51. The summed E-state index contributed by atoms with van der Waals surface area (Å²) >= 11 is 0. The maximum atomic E-state index is 2.51. The van der Waals surface area contributed by atoms with Crippen LogP contribution in [-0.4, -0.2) is 25.0 Å². The summed E-state index contributed by atoms with van der Waals surface area (Å²) in [5, 5.41) is 0. The van der Waals surface area contributed by atoms with E-state index >= 15 is 0 Å². The Bertz CT molecular complexity index is 218. The lowest BCUT2D eigenvalue weighted by Gasteiger charge is -2.38. The third-order valence-corrected chi connectivity index (χ3v) is 5.54. The van der Waals surface area contributed by atoms with Gasteiger partial charge in [-0.2, -0.15) is 0 Å². The highest BCUT2D eigenvalue weighted by Gasteiger charge is 2.36. The number of hydrogen-bond donors (Lipinski definition) is 0. The minimum atomic E-state index is 1.08. The molecule has 0 N–H and O–H groups in total. The molecule has 0 unspecified atom stereocenters. The van der Waals surface area contributed by atoms with E-state index in [-0.39, 0.29) is 0 Å². The predicted octanol–water partition coefficient (Wildman–Crippen LogP) is 3.54. The summed E-state index contributed by atoms with van der Waals surface area (Å²) in [7, 11) is 2.28. The van der Waals surface area contributed by atoms with E-state index in [1.165, 1.54) is 31.8 Å². The van der Waals surface area contributed by atoms with Crippen LogP contribution in [0.15, 0.2) is 0 Å². The van der Waals surface area contributed by atoms with Crippen molar-refractivity contribution < 1.29 is 0 Å². The van der Waals surface area contributed by atoms with Gasteiger partial charge in [0.15, 0.2) is 0 Å². The normalized spacial score (nSPS) is 38.8. The highest BCUT2D eigenvalue weighted by molar-refractivity contribution is 4.87. The molecule has 2 saturated carbocycles. The molecule has 0 aromatic rings. The molecule has 1 aliphatic heterocycles. The van der Waals surface area contributed by atoms with E-state index in [0.717, 1.165) is 17.8 Å². The maximum Gasteiger partial charge on any atom is -0.00190 e. The molecule has 1 nitrogen and oxygen atoms in total. The fourth-order valence-corrected chi connectivity index (χ4v) is 4.16. The quantitative estimate of drug-likeness (QED) is 0.689. The number of hydrogen-bond acceptors (Lipinski definition) is 1. The predicted molar refractivity (Wildman–Crippen MR) is 68.4 cm³/mol. The van der Waals surface area contributed by atoms with Crippen molar-refractivity contribution in [3.8, 4) is 0 Å². The minimum absolute atomic E-state index is 1.08. The molecule has 0 spiro atoms. The van der Waals surface area contributed by atoms with Crippen molar-refractivity contribution in [3.63, 3.8) is 0 Å². The van der Waals surface area contributed by atoms with E-state index < -0.39 is 0 Å². The van der Waals surface area contributed by atoms with Crippen molar-refractivity contribution >= 4 is 0 Å². The molecule has 0 aromatic heterocycles. The highest BCUT2D eigenvalue weighted by atomic mass is 15.1. The second kappa shape index (κ2) is 4.68. The average molecular weight is 221 g/mol. The summed E-state index contributed by atoms with van der Waals surface area (Å²) in [4.78, 5) is 2.51. The molecule has 1 saturated heterocycles. The molecule has 3 rings (SSSR count). The maximum absolute atomic E-state index is 2.51. The zero-order valence-corrected chi connectivity index (χ0v) is 10.8. The van der Waals surface area contributed by atoms with Crippen LogP contribution in [0.2, 0.25) is 0 Å². The summed E-state index contributed by atoms with van der Waals surface area (Å²) in [5.74, 6) is 4.49. The summed E-state index contributed by atoms with van der Waals surface area (Å²) in [6.45, 7) is 2.71. The first-order chi connectivity index (χ1) is 7.83. The van der Waals surface area contributed by atoms with E-state index in [1.54, 1.807) is 38.5 Å². The second-order valence-corrected chi connectivity index (χ2v) is 6.65. The highest BCUT2D eigenvalue weighted by Crippen LogP contribution is 2.47. The van der Waals surface area contributed by atoms with E-state index in [4.69, 9.17) is 0 Å². The van der Waals surface area contributed by atoms with E-state index in [1.807, 2.05) is 0 Å². The lowest BCUT2D eigenvalue weighted by molar-refractivity contribution is 0.125. The lowest BCUT2D eigenvalue weighted by Crippen LogP contribution is -2.34. The third kappa shape index (κ3) is 2.45. The molecule has 92 valence electrons. The molecule has 16 heavy (non-hydrogen) atoms. The monoisotopic (exact) mass is 221 g/mol. The topological polar surface area (TPSA) is 3.24 Å². The van der Waals surface area contributed by atoms with E-state index in [0.29, 0.717) is 0 Å². The van der Waals surface area contributed by atoms with Crippen LogP contribution in [0.3, 0.4) is 0 Å². The first-order valence-electron chi connectivity index (χ1n) is 7.51. The lowest BCUT2D eigenvalue weighted by atomic mass is 9.72. The van der Waals surface area contributed by atoms with Gasteiger partial charge in [-0.05, 0) is 95.2 Å². The van der Waals surface area contributed by atoms with Crippen LogP contribution in [0.4, 0.5) is 0 Å². The van der Waals surface area contributed by atoms with Crippen LogP contribution in [0, 0.1) is 23.7 Å². The first kappa shape index (κ1) is 11.1. The Morgan fingerprint density at radius 3 is 1.25 bits per heavy atom. The van der Waals surface area contributed by atoms with Gasteiger partial charge in [0.05, 0.1) is 0 Å². The van der Waals surface area contributed by atoms with Crippen molar-refractivity contribution in [2.45, 2.75) is 51.4 Å². The van der Waals surface area contributed by atoms with Gasteiger partial charge in [0.1, 0.15) is 0 Å². The van der Waals surface area contributed by atoms with Crippen LogP contribution in [0.25, 0.3) is 0 Å². The molecule has 0 atom stereocenters. The molecule has 0 amide bonds. The van der Waals surface area contributed by atoms with Crippen LogP contribution in [-0.2, 0) is 0 Å². The summed E-state index contributed by atoms with van der Waals surface area (Å²) in [6.07, 6.45) is 12.4. The molecular weight excluding hydrogens is 194 g/mol. The van der Waals surface area contributed by atoms with Gasteiger partial charge < -0.3 is 4.90 Å². The van der Waals surface area contributed by atoms with E-state index in [9.17, 15) is 0 Å². The molecular formula is C15H27N. The molecule has 3 fully saturated rings. The fourth-order valence-electron chi connectivity index (χ4n) is 4.16. The van der Waals surface area contributed by atoms with Crippen molar-refractivity contribution in [2.75, 3.05) is 20.1 Å². The number of piperidine rings is 1. The molecule has 0 aromatic carbocycles. The van der Waals surface area contributed by atoms with Gasteiger partial charge in [-0.1, -0.05) is 0 Å². The van der Waals surface area contributed by atoms with Crippen LogP contribution >= 0.6 is 0 Å². The van der Waals surface area contributed by atoms with Gasteiger partial charge in [0.25, 0.3) is 0 Å². The van der Waals surface area contributed by atoms with Crippen molar-refractivity contribution in [1.29, 1.82) is 0 Å². The number of rotatable bonds is 2. The SMILES string of the molecule is CN1CCC(C2CCC(C3CC3)CC2)CC1. The van der Waals surface area contributed by atoms with Gasteiger partial charge in [-0.3, -0.25) is 0 Å². The van der Waals surface area contributed by atoms with Gasteiger partial charge in [0, 0.05) is 0 Å². The van der Waals surface area contributed by atoms with Gasteiger partial charge in [0.2, 0.25) is 0 Å². The van der Waals surface area contributed by atoms with Gasteiger partial charge in [-0.15, -0.1) is 0 Å². The zero-order chi connectivity index (χ0) is 11.0. The second-order valence-electron chi connectivity index (χ2n) is 6.65. The smallest absolute Gasteiger partial charge is 0.00190 e. The molecule has 0 bridgehead atoms. The number of nitrogens with zero attached hydrogens (tertiary/aromatic N) is 1. The Hall–Kier alpha value is -0.0400. The standard InChI is InChI=1S/C15H27N/c1-16-10-8-15(9-11-16)14-6-4-13(5-7-14)12-2-3-12/h12-15H,2-11H2,1H3. The Morgan fingerprint density at radius 1 is 0.562 bits per heavy atom. The van der Waals surface area contributed by atoms with E-state index in [2.05, 4.69) is 11.9 Å². The summed E-state index contributed by atoms with van der Waals surface area (Å²) < 4.78 is 0. The average Bonchev–Trinajstić information content (AvgIpc) is 3.14. The minimum Gasteiger partial charge on any atom is -0.306 e. The number of likely N-dealkylation sites (tertiary alicyclic amines) is 1. The largest absolute Gasteiger partial charge is 0.306 e. The van der Waals surface area contributed by atoms with Crippen molar-refractivity contribution in [3.05, 3.63) is 0 Å². The zero-order valence-electron chi connectivity index (χ0n) is 10.8. The molecule has 2 aliphatic carbocycles. The molecule has 0 radical (unpaired) electrons. The Kier molecular flexibility index (Phi) is 3.24. The Morgan fingerprint density at radius 2 is 0.875 bits per heavy atom. The molecule has 3 aliphatic rings. The van der Waals surface area contributed by atoms with Crippen molar-refractivity contribution in [2.24, 2.45) is 23.7 Å². The van der Waals surface area contributed by atoms with Crippen molar-refractivity contribution in [1.82, 2.24) is 4.90 Å². The van der Waals surface area contributed by atoms with Crippen LogP contribution in [0.1, 0.15) is 51.4 Å². The molecule has 1 heteroatoms. The van der Waals surface area contributed by atoms with Gasteiger partial charge in [-0.25, -0.2) is 0 Å². The van der Waals surface area contributed by atoms with Crippen LogP contribution in [0.5, 0.6) is 0 Å². The summed E-state index contributed by atoms with van der Waals surface area (Å²) in [5.41, 5.74) is 0. The molecule has 1 heterocycles. The Labute approximate surface area is 101 Å².